The molecule has 1 aromatic heterocycles. The van der Waals surface area contributed by atoms with Crippen molar-refractivity contribution in [3.63, 3.8) is 0 Å². The number of hydrogen-bond donors (Lipinski definition) is 0. The second kappa shape index (κ2) is 8.65. The fourth-order valence-electron chi connectivity index (χ4n) is 4.79. The van der Waals surface area contributed by atoms with Crippen LogP contribution in [0.25, 0.3) is 0 Å². The van der Waals surface area contributed by atoms with Crippen molar-refractivity contribution in [2.24, 2.45) is 5.92 Å². The van der Waals surface area contributed by atoms with Gasteiger partial charge in [0.05, 0.1) is 9.88 Å². The van der Waals surface area contributed by atoms with E-state index in [1.807, 2.05) is 6.07 Å². The average Bonchev–Trinajstić information content (AvgIpc) is 3.29. The maximum Gasteiger partial charge on any atom is 0.263 e. The number of carbonyl (C=O) groups excluding carboxylic acids is 1. The predicted octanol–water partition coefficient (Wildman–Crippen LogP) is 5.93. The van der Waals surface area contributed by atoms with Gasteiger partial charge < -0.3 is 9.80 Å². The number of benzene rings is 2. The minimum absolute atomic E-state index is 0.203. The second-order valence-electron chi connectivity index (χ2n) is 8.45. The maximum atomic E-state index is 13.1. The number of fused-ring (bicyclic) bond motifs is 1. The molecule has 3 aromatic rings. The van der Waals surface area contributed by atoms with Crippen LogP contribution in [0.2, 0.25) is 0 Å². The van der Waals surface area contributed by atoms with Gasteiger partial charge in [-0.2, -0.15) is 0 Å². The summed E-state index contributed by atoms with van der Waals surface area (Å²) in [5.74, 6) is 0.884. The number of para-hydroxylation sites is 1. The Hall–Kier alpha value is -2.59. The van der Waals surface area contributed by atoms with Gasteiger partial charge in [0.25, 0.3) is 5.91 Å². The summed E-state index contributed by atoms with van der Waals surface area (Å²) < 4.78 is 0. The van der Waals surface area contributed by atoms with Crippen LogP contribution in [0.3, 0.4) is 0 Å². The highest BCUT2D eigenvalue weighted by molar-refractivity contribution is 7.18. The number of piperidine rings is 1. The normalized spacial score (nSPS) is 17.1. The second-order valence-corrected chi connectivity index (χ2v) is 9.51. The first-order valence-corrected chi connectivity index (χ1v) is 11.9. The molecule has 0 atom stereocenters. The fourth-order valence-corrected chi connectivity index (χ4v) is 5.81. The van der Waals surface area contributed by atoms with Crippen LogP contribution in [0.4, 0.5) is 10.7 Å². The van der Waals surface area contributed by atoms with Gasteiger partial charge in [0.15, 0.2) is 0 Å². The van der Waals surface area contributed by atoms with Gasteiger partial charge in [0, 0.05) is 25.3 Å². The molecular formula is C26H28N2OS. The Kier molecular flexibility index (Phi) is 5.58. The van der Waals surface area contributed by atoms with E-state index in [9.17, 15) is 4.79 Å². The predicted molar refractivity (Wildman–Crippen MR) is 125 cm³/mol. The summed E-state index contributed by atoms with van der Waals surface area (Å²) >= 11 is 1.64. The first kappa shape index (κ1) is 19.4. The Morgan fingerprint density at radius 1 is 0.900 bits per heavy atom. The molecule has 3 heterocycles. The number of aryl methyl sites for hydroxylation is 1. The molecule has 2 aromatic carbocycles. The van der Waals surface area contributed by atoms with Gasteiger partial charge in [-0.1, -0.05) is 48.5 Å². The van der Waals surface area contributed by atoms with Gasteiger partial charge in [0.2, 0.25) is 0 Å². The molecule has 3 nitrogen and oxygen atoms in total. The monoisotopic (exact) mass is 416 g/mol. The standard InChI is InChI=1S/C26H28N2OS/c29-26(27-17-14-21(15-18-27)19-20-7-2-1-3-8-20)24-12-13-25(30-24)28-16-6-10-22-9-4-5-11-23(22)28/h1-5,7-9,11-13,21H,6,10,14-19H2. The van der Waals surface area contributed by atoms with E-state index in [1.165, 1.54) is 21.8 Å². The molecule has 1 saturated heterocycles. The van der Waals surface area contributed by atoms with Crippen molar-refractivity contribution in [3.05, 3.63) is 82.7 Å². The van der Waals surface area contributed by atoms with E-state index >= 15 is 0 Å². The Bertz CT molecular complexity index is 1000. The largest absolute Gasteiger partial charge is 0.338 e. The topological polar surface area (TPSA) is 23.6 Å². The Balaban J connectivity index is 1.23. The lowest BCUT2D eigenvalue weighted by Crippen LogP contribution is -2.38. The highest BCUT2D eigenvalue weighted by Crippen LogP contribution is 2.37. The summed E-state index contributed by atoms with van der Waals surface area (Å²) in [7, 11) is 0. The maximum absolute atomic E-state index is 13.1. The molecule has 4 heteroatoms. The van der Waals surface area contributed by atoms with Gasteiger partial charge >= 0.3 is 0 Å². The van der Waals surface area contributed by atoms with Crippen LogP contribution >= 0.6 is 11.3 Å². The molecular weight excluding hydrogens is 388 g/mol. The lowest BCUT2D eigenvalue weighted by molar-refractivity contribution is 0.0695. The molecule has 0 radical (unpaired) electrons. The number of nitrogens with zero attached hydrogens (tertiary/aromatic N) is 2. The van der Waals surface area contributed by atoms with Crippen LogP contribution in [0.15, 0.2) is 66.7 Å². The molecule has 1 fully saturated rings. The lowest BCUT2D eigenvalue weighted by atomic mass is 9.90. The van der Waals surface area contributed by atoms with Crippen molar-refractivity contribution in [2.75, 3.05) is 24.5 Å². The molecule has 2 aliphatic rings. The number of rotatable bonds is 4. The third-order valence-corrected chi connectivity index (χ3v) is 7.54. The van der Waals surface area contributed by atoms with E-state index in [-0.39, 0.29) is 5.91 Å². The van der Waals surface area contributed by atoms with E-state index in [4.69, 9.17) is 0 Å². The smallest absolute Gasteiger partial charge is 0.263 e. The van der Waals surface area contributed by atoms with E-state index in [1.54, 1.807) is 11.3 Å². The quantitative estimate of drug-likeness (QED) is 0.526. The lowest BCUT2D eigenvalue weighted by Gasteiger charge is -2.32. The third kappa shape index (κ3) is 4.01. The van der Waals surface area contributed by atoms with Gasteiger partial charge in [-0.05, 0) is 67.3 Å². The molecule has 0 aliphatic carbocycles. The molecule has 0 unspecified atom stereocenters. The highest BCUT2D eigenvalue weighted by atomic mass is 32.1. The summed E-state index contributed by atoms with van der Waals surface area (Å²) in [5, 5.41) is 1.18. The number of likely N-dealkylation sites (tertiary alicyclic amines) is 1. The van der Waals surface area contributed by atoms with Gasteiger partial charge in [-0.3, -0.25) is 4.79 Å². The van der Waals surface area contributed by atoms with Crippen molar-refractivity contribution < 1.29 is 4.79 Å². The Morgan fingerprint density at radius 3 is 2.50 bits per heavy atom. The van der Waals surface area contributed by atoms with Gasteiger partial charge in [-0.15, -0.1) is 11.3 Å². The molecule has 30 heavy (non-hydrogen) atoms. The SMILES string of the molecule is O=C(c1ccc(N2CCCc3ccccc32)s1)N1CCC(Cc2ccccc2)CC1. The molecule has 154 valence electrons. The van der Waals surface area contributed by atoms with E-state index < -0.39 is 0 Å². The number of amides is 1. The molecule has 5 rings (SSSR count). The third-order valence-electron chi connectivity index (χ3n) is 6.45. The minimum Gasteiger partial charge on any atom is -0.338 e. The molecule has 2 aliphatic heterocycles. The average molecular weight is 417 g/mol. The van der Waals surface area contributed by atoms with Crippen molar-refractivity contribution in [2.45, 2.75) is 32.1 Å². The molecule has 0 N–H and O–H groups in total. The van der Waals surface area contributed by atoms with E-state index in [2.05, 4.69) is 70.5 Å². The molecule has 0 bridgehead atoms. The Labute approximate surface area is 183 Å². The number of carbonyl (C=O) groups is 1. The van der Waals surface area contributed by atoms with Gasteiger partial charge in [0.1, 0.15) is 0 Å². The zero-order chi connectivity index (χ0) is 20.3. The number of anilines is 2. The van der Waals surface area contributed by atoms with Crippen LogP contribution in [0.5, 0.6) is 0 Å². The molecule has 0 spiro atoms. The van der Waals surface area contributed by atoms with Crippen LogP contribution in [-0.2, 0) is 12.8 Å². The van der Waals surface area contributed by atoms with Crippen LogP contribution in [-0.4, -0.2) is 30.4 Å². The first-order valence-electron chi connectivity index (χ1n) is 11.1. The fraction of sp³-hybridized carbons (Fsp3) is 0.346. The van der Waals surface area contributed by atoms with Crippen LogP contribution in [0.1, 0.15) is 40.1 Å². The van der Waals surface area contributed by atoms with Gasteiger partial charge in [-0.25, -0.2) is 0 Å². The molecule has 0 saturated carbocycles. The number of hydrogen-bond acceptors (Lipinski definition) is 3. The van der Waals surface area contributed by atoms with Crippen molar-refractivity contribution in [1.29, 1.82) is 0 Å². The summed E-state index contributed by atoms with van der Waals surface area (Å²) in [6.45, 7) is 2.77. The first-order chi connectivity index (χ1) is 14.8. The van der Waals surface area contributed by atoms with E-state index in [0.717, 1.165) is 56.6 Å². The van der Waals surface area contributed by atoms with Crippen molar-refractivity contribution in [3.8, 4) is 0 Å². The summed E-state index contributed by atoms with van der Waals surface area (Å²) in [6, 6.07) is 23.5. The van der Waals surface area contributed by atoms with Crippen LogP contribution in [0, 0.1) is 5.92 Å². The zero-order valence-corrected chi connectivity index (χ0v) is 18.1. The minimum atomic E-state index is 0.203. The van der Waals surface area contributed by atoms with Crippen LogP contribution < -0.4 is 4.90 Å². The highest BCUT2D eigenvalue weighted by Gasteiger charge is 2.26. The summed E-state index contributed by atoms with van der Waals surface area (Å²) in [6.07, 6.45) is 5.62. The van der Waals surface area contributed by atoms with Crippen molar-refractivity contribution >= 4 is 27.9 Å². The Morgan fingerprint density at radius 2 is 1.67 bits per heavy atom. The van der Waals surface area contributed by atoms with Crippen molar-refractivity contribution in [1.82, 2.24) is 4.90 Å². The zero-order valence-electron chi connectivity index (χ0n) is 17.3. The summed E-state index contributed by atoms with van der Waals surface area (Å²) in [5.41, 5.74) is 4.11. The molecule has 1 amide bonds. The number of thiophene rings is 1. The summed E-state index contributed by atoms with van der Waals surface area (Å²) in [4.78, 5) is 18.4. The van der Waals surface area contributed by atoms with E-state index in [0.29, 0.717) is 5.92 Å².